The molecule has 0 aliphatic heterocycles. The van der Waals surface area contributed by atoms with Crippen LogP contribution in [0, 0.1) is 11.6 Å². The molecule has 5 nitrogen and oxygen atoms in total. The van der Waals surface area contributed by atoms with Crippen LogP contribution in [-0.2, 0) is 19.4 Å². The Morgan fingerprint density at radius 1 is 0.900 bits per heavy atom. The standard InChI is InChI=1S/C23H18F2N4O/c24-15-8-10-16(11-9-15)29-22-7-3-5-18(22)21(27-29)14-28-23(30)13-12-20(26-28)17-4-1-2-6-19(17)25/h1-2,4,6,8-13H,3,5,7,14H2. The minimum atomic E-state index is -0.392. The van der Waals surface area contributed by atoms with Gasteiger partial charge in [0.15, 0.2) is 0 Å². The number of nitrogens with zero attached hydrogens (tertiary/aromatic N) is 4. The molecule has 4 aromatic rings. The van der Waals surface area contributed by atoms with E-state index >= 15 is 0 Å². The molecule has 0 fully saturated rings. The van der Waals surface area contributed by atoms with Gasteiger partial charge in [-0.25, -0.2) is 18.1 Å². The molecule has 0 unspecified atom stereocenters. The highest BCUT2D eigenvalue weighted by Gasteiger charge is 2.24. The largest absolute Gasteiger partial charge is 0.268 e. The monoisotopic (exact) mass is 404 g/mol. The zero-order valence-electron chi connectivity index (χ0n) is 16.1. The molecule has 0 radical (unpaired) electrons. The highest BCUT2D eigenvalue weighted by atomic mass is 19.1. The first-order valence-corrected chi connectivity index (χ1v) is 9.79. The first-order valence-electron chi connectivity index (χ1n) is 9.79. The molecule has 0 saturated carbocycles. The van der Waals surface area contributed by atoms with E-state index < -0.39 is 5.82 Å². The minimum Gasteiger partial charge on any atom is -0.268 e. The summed E-state index contributed by atoms with van der Waals surface area (Å²) in [5, 5.41) is 9.09. The lowest BCUT2D eigenvalue weighted by Gasteiger charge is -2.08. The number of aromatic nitrogens is 4. The molecule has 7 heteroatoms. The quantitative estimate of drug-likeness (QED) is 0.518. The third-order valence-corrected chi connectivity index (χ3v) is 5.40. The Balaban J connectivity index is 1.55. The van der Waals surface area contributed by atoms with E-state index in [9.17, 15) is 13.6 Å². The number of hydrogen-bond donors (Lipinski definition) is 0. The maximum Gasteiger partial charge on any atom is 0.267 e. The van der Waals surface area contributed by atoms with E-state index in [1.54, 1.807) is 30.3 Å². The molecular weight excluding hydrogens is 386 g/mol. The highest BCUT2D eigenvalue weighted by Crippen LogP contribution is 2.28. The summed E-state index contributed by atoms with van der Waals surface area (Å²) >= 11 is 0. The summed E-state index contributed by atoms with van der Waals surface area (Å²) in [6.45, 7) is 0.192. The molecule has 2 aromatic heterocycles. The Hall–Kier alpha value is -3.61. The number of fused-ring (bicyclic) bond motifs is 1. The summed E-state index contributed by atoms with van der Waals surface area (Å²) < 4.78 is 30.6. The van der Waals surface area contributed by atoms with Gasteiger partial charge in [-0.05, 0) is 67.3 Å². The topological polar surface area (TPSA) is 52.7 Å². The van der Waals surface area contributed by atoms with E-state index in [0.29, 0.717) is 11.3 Å². The lowest BCUT2D eigenvalue weighted by atomic mass is 10.1. The molecule has 2 aromatic carbocycles. The van der Waals surface area contributed by atoms with Gasteiger partial charge in [0, 0.05) is 17.3 Å². The third-order valence-electron chi connectivity index (χ3n) is 5.40. The fraction of sp³-hybridized carbons (Fsp3) is 0.174. The third kappa shape index (κ3) is 3.22. The molecule has 0 amide bonds. The maximum absolute atomic E-state index is 14.2. The summed E-state index contributed by atoms with van der Waals surface area (Å²) in [7, 11) is 0. The number of rotatable bonds is 4. The van der Waals surface area contributed by atoms with Crippen molar-refractivity contribution in [3.8, 4) is 16.9 Å². The fourth-order valence-corrected chi connectivity index (χ4v) is 3.95. The molecule has 0 saturated heterocycles. The zero-order valence-corrected chi connectivity index (χ0v) is 16.1. The summed E-state index contributed by atoms with van der Waals surface area (Å²) in [5.41, 5.74) is 4.17. The van der Waals surface area contributed by atoms with Crippen LogP contribution in [0.4, 0.5) is 8.78 Å². The van der Waals surface area contributed by atoms with Gasteiger partial charge in [0.2, 0.25) is 0 Å². The Morgan fingerprint density at radius 2 is 1.70 bits per heavy atom. The van der Waals surface area contributed by atoms with Crippen molar-refractivity contribution in [3.63, 3.8) is 0 Å². The van der Waals surface area contributed by atoms with Crippen molar-refractivity contribution in [2.24, 2.45) is 0 Å². The smallest absolute Gasteiger partial charge is 0.267 e. The van der Waals surface area contributed by atoms with Crippen LogP contribution in [-0.4, -0.2) is 19.6 Å². The van der Waals surface area contributed by atoms with Crippen molar-refractivity contribution in [1.29, 1.82) is 0 Å². The SMILES string of the molecule is O=c1ccc(-c2ccccc2F)nn1Cc1nn(-c2ccc(F)cc2)c2c1CCC2. The van der Waals surface area contributed by atoms with Crippen LogP contribution in [0.5, 0.6) is 0 Å². The van der Waals surface area contributed by atoms with Gasteiger partial charge in [0.25, 0.3) is 5.56 Å². The molecule has 150 valence electrons. The molecule has 1 aliphatic carbocycles. The predicted octanol–water partition coefficient (Wildman–Crippen LogP) is 3.91. The van der Waals surface area contributed by atoms with Gasteiger partial charge in [-0.3, -0.25) is 4.79 Å². The molecule has 0 N–H and O–H groups in total. The van der Waals surface area contributed by atoms with Crippen molar-refractivity contribution >= 4 is 0 Å². The van der Waals surface area contributed by atoms with Gasteiger partial charge < -0.3 is 0 Å². The summed E-state index contributed by atoms with van der Waals surface area (Å²) in [4.78, 5) is 12.4. The van der Waals surface area contributed by atoms with E-state index in [1.165, 1.54) is 35.0 Å². The molecule has 0 atom stereocenters. The van der Waals surface area contributed by atoms with Crippen molar-refractivity contribution in [2.45, 2.75) is 25.8 Å². The molecule has 0 bridgehead atoms. The second-order valence-electron chi connectivity index (χ2n) is 7.31. The van der Waals surface area contributed by atoms with Gasteiger partial charge >= 0.3 is 0 Å². The van der Waals surface area contributed by atoms with Crippen molar-refractivity contribution < 1.29 is 8.78 Å². The van der Waals surface area contributed by atoms with Crippen LogP contribution < -0.4 is 5.56 Å². The van der Waals surface area contributed by atoms with Gasteiger partial charge in [0.1, 0.15) is 11.6 Å². The molecule has 2 heterocycles. The minimum absolute atomic E-state index is 0.192. The first kappa shape index (κ1) is 18.4. The van der Waals surface area contributed by atoms with E-state index in [-0.39, 0.29) is 17.9 Å². The summed E-state index contributed by atoms with van der Waals surface area (Å²) in [5.74, 6) is -0.694. The summed E-state index contributed by atoms with van der Waals surface area (Å²) in [6, 6.07) is 15.4. The molecule has 5 rings (SSSR count). The molecule has 30 heavy (non-hydrogen) atoms. The van der Waals surface area contributed by atoms with Crippen molar-refractivity contribution in [3.05, 3.63) is 99.6 Å². The van der Waals surface area contributed by atoms with Crippen LogP contribution in [0.2, 0.25) is 0 Å². The lowest BCUT2D eigenvalue weighted by Crippen LogP contribution is -2.23. The summed E-state index contributed by atoms with van der Waals surface area (Å²) in [6.07, 6.45) is 2.74. The van der Waals surface area contributed by atoms with Crippen LogP contribution in [0.25, 0.3) is 16.9 Å². The average Bonchev–Trinajstić information content (AvgIpc) is 3.35. The van der Waals surface area contributed by atoms with Crippen LogP contribution in [0.1, 0.15) is 23.4 Å². The van der Waals surface area contributed by atoms with Crippen molar-refractivity contribution in [2.75, 3.05) is 0 Å². The average molecular weight is 404 g/mol. The fourth-order valence-electron chi connectivity index (χ4n) is 3.95. The van der Waals surface area contributed by atoms with E-state index in [4.69, 9.17) is 5.10 Å². The molecule has 0 spiro atoms. The van der Waals surface area contributed by atoms with E-state index in [1.807, 2.05) is 4.68 Å². The lowest BCUT2D eigenvalue weighted by molar-refractivity contribution is 0.608. The second-order valence-corrected chi connectivity index (χ2v) is 7.31. The van der Waals surface area contributed by atoms with Gasteiger partial charge in [-0.1, -0.05) is 12.1 Å². The van der Waals surface area contributed by atoms with Crippen molar-refractivity contribution in [1.82, 2.24) is 19.6 Å². The van der Waals surface area contributed by atoms with Gasteiger partial charge in [0.05, 0.1) is 23.6 Å². The van der Waals surface area contributed by atoms with Gasteiger partial charge in [-0.2, -0.15) is 10.2 Å². The number of hydrogen-bond acceptors (Lipinski definition) is 3. The highest BCUT2D eigenvalue weighted by molar-refractivity contribution is 5.58. The van der Waals surface area contributed by atoms with Crippen LogP contribution in [0.15, 0.2) is 65.5 Å². The number of halogens is 2. The Morgan fingerprint density at radius 3 is 2.50 bits per heavy atom. The Kier molecular flexibility index (Phi) is 4.50. The zero-order chi connectivity index (χ0) is 20.7. The molecular formula is C23H18F2N4O. The first-order chi connectivity index (χ1) is 14.6. The Bertz CT molecular complexity index is 1290. The normalized spacial score (nSPS) is 12.9. The molecule has 1 aliphatic rings. The van der Waals surface area contributed by atoms with Crippen LogP contribution in [0.3, 0.4) is 0 Å². The maximum atomic E-state index is 14.2. The second kappa shape index (κ2) is 7.33. The Labute approximate surface area is 171 Å². The van der Waals surface area contributed by atoms with Crippen LogP contribution >= 0.6 is 0 Å². The number of benzene rings is 2. The van der Waals surface area contributed by atoms with Gasteiger partial charge in [-0.15, -0.1) is 0 Å². The van der Waals surface area contributed by atoms with E-state index in [2.05, 4.69) is 5.10 Å². The van der Waals surface area contributed by atoms with E-state index in [0.717, 1.165) is 41.9 Å². The predicted molar refractivity (Wildman–Crippen MR) is 109 cm³/mol.